The highest BCUT2D eigenvalue weighted by molar-refractivity contribution is 5.96. The summed E-state index contributed by atoms with van der Waals surface area (Å²) in [5.74, 6) is 0.699. The maximum atomic E-state index is 12.9. The van der Waals surface area contributed by atoms with Gasteiger partial charge in [0.15, 0.2) is 5.82 Å². The molecule has 7 nitrogen and oxygen atoms in total. The zero-order chi connectivity index (χ0) is 17.3. The fourth-order valence-electron chi connectivity index (χ4n) is 4.10. The third-order valence-electron chi connectivity index (χ3n) is 5.42. The number of hydrogen-bond donors (Lipinski definition) is 1. The number of rotatable bonds is 3. The van der Waals surface area contributed by atoms with Crippen LogP contribution in [0.5, 0.6) is 0 Å². The molecule has 25 heavy (non-hydrogen) atoms. The van der Waals surface area contributed by atoms with Crippen LogP contribution in [0.1, 0.15) is 38.5 Å². The Morgan fingerprint density at radius 1 is 1.32 bits per heavy atom. The van der Waals surface area contributed by atoms with Crippen LogP contribution in [0.4, 0.5) is 5.69 Å². The quantitative estimate of drug-likeness (QED) is 0.928. The van der Waals surface area contributed by atoms with E-state index in [9.17, 15) is 4.79 Å². The minimum absolute atomic E-state index is 0.00229. The van der Waals surface area contributed by atoms with Gasteiger partial charge < -0.3 is 10.1 Å². The number of aryl methyl sites for hydroxylation is 1. The zero-order valence-electron chi connectivity index (χ0n) is 14.4. The summed E-state index contributed by atoms with van der Waals surface area (Å²) in [5.41, 5.74) is 1.51. The molecule has 0 radical (unpaired) electrons. The van der Waals surface area contributed by atoms with Crippen molar-refractivity contribution in [3.8, 4) is 11.4 Å². The number of aromatic nitrogens is 4. The highest BCUT2D eigenvalue weighted by Crippen LogP contribution is 2.42. The fraction of sp³-hybridized carbons (Fsp3) is 0.556. The van der Waals surface area contributed by atoms with Crippen LogP contribution in [0.15, 0.2) is 24.3 Å². The van der Waals surface area contributed by atoms with Gasteiger partial charge in [0.2, 0.25) is 5.91 Å². The Morgan fingerprint density at radius 3 is 2.88 bits per heavy atom. The third-order valence-corrected chi connectivity index (χ3v) is 5.42. The Kier molecular flexibility index (Phi) is 4.25. The van der Waals surface area contributed by atoms with Crippen molar-refractivity contribution in [1.29, 1.82) is 0 Å². The first kappa shape index (κ1) is 16.2. The molecule has 1 aliphatic carbocycles. The van der Waals surface area contributed by atoms with Crippen molar-refractivity contribution in [2.75, 3.05) is 11.9 Å². The summed E-state index contributed by atoms with van der Waals surface area (Å²) >= 11 is 0. The number of nitrogens with zero attached hydrogens (tertiary/aromatic N) is 4. The molecule has 1 aliphatic heterocycles. The predicted octanol–water partition coefficient (Wildman–Crippen LogP) is 2.56. The molecule has 4 rings (SSSR count). The number of amides is 1. The minimum atomic E-state index is -0.0622. The monoisotopic (exact) mass is 341 g/mol. The molecule has 1 saturated heterocycles. The van der Waals surface area contributed by atoms with Gasteiger partial charge in [0.1, 0.15) is 0 Å². The predicted molar refractivity (Wildman–Crippen MR) is 92.7 cm³/mol. The van der Waals surface area contributed by atoms with E-state index >= 15 is 0 Å². The molecule has 2 aromatic rings. The van der Waals surface area contributed by atoms with Crippen molar-refractivity contribution in [3.63, 3.8) is 0 Å². The summed E-state index contributed by atoms with van der Waals surface area (Å²) in [7, 11) is 1.79. The van der Waals surface area contributed by atoms with Crippen LogP contribution in [-0.4, -0.2) is 38.3 Å². The number of hydrogen-bond acceptors (Lipinski definition) is 5. The maximum absolute atomic E-state index is 12.9. The van der Waals surface area contributed by atoms with Gasteiger partial charge in [-0.15, -0.1) is 5.10 Å². The molecular formula is C18H23N5O2. The van der Waals surface area contributed by atoms with Crippen molar-refractivity contribution in [3.05, 3.63) is 24.3 Å². The molecule has 2 aliphatic rings. The van der Waals surface area contributed by atoms with Gasteiger partial charge in [0, 0.05) is 25.1 Å². The van der Waals surface area contributed by atoms with Gasteiger partial charge in [-0.3, -0.25) is 4.79 Å². The van der Waals surface area contributed by atoms with Gasteiger partial charge in [-0.25, -0.2) is 4.68 Å². The van der Waals surface area contributed by atoms with E-state index in [1.807, 2.05) is 24.3 Å². The SMILES string of the molecule is Cn1nnnc1-c1ccccc1NC(=O)C1CCOC2(CCCC2)C1. The zero-order valence-corrected chi connectivity index (χ0v) is 14.4. The van der Waals surface area contributed by atoms with Crippen LogP contribution >= 0.6 is 0 Å². The lowest BCUT2D eigenvalue weighted by molar-refractivity contribution is -0.133. The standard InChI is InChI=1S/C18H23N5O2/c1-23-16(20-21-22-23)14-6-2-3-7-15(14)19-17(24)13-8-11-25-18(12-13)9-4-5-10-18/h2-3,6-7,13H,4-5,8-12H2,1H3,(H,19,24). The van der Waals surface area contributed by atoms with Crippen molar-refractivity contribution in [1.82, 2.24) is 20.2 Å². The summed E-state index contributed by atoms with van der Waals surface area (Å²) in [6, 6.07) is 7.64. The summed E-state index contributed by atoms with van der Waals surface area (Å²) < 4.78 is 7.65. The van der Waals surface area contributed by atoms with E-state index in [-0.39, 0.29) is 17.4 Å². The number of para-hydroxylation sites is 1. The van der Waals surface area contributed by atoms with Crippen molar-refractivity contribution >= 4 is 11.6 Å². The van der Waals surface area contributed by atoms with Crippen LogP contribution in [0.25, 0.3) is 11.4 Å². The number of carbonyl (C=O) groups is 1. The molecule has 1 aromatic heterocycles. The molecule has 1 N–H and O–H groups in total. The number of ether oxygens (including phenoxy) is 1. The Balaban J connectivity index is 1.53. The number of anilines is 1. The molecule has 2 heterocycles. The van der Waals surface area contributed by atoms with Crippen LogP contribution in [-0.2, 0) is 16.6 Å². The normalized spacial score (nSPS) is 22.2. The molecular weight excluding hydrogens is 318 g/mol. The van der Waals surface area contributed by atoms with Crippen LogP contribution in [0.3, 0.4) is 0 Å². The van der Waals surface area contributed by atoms with Crippen molar-refractivity contribution in [2.24, 2.45) is 13.0 Å². The number of tetrazole rings is 1. The molecule has 132 valence electrons. The summed E-state index contributed by atoms with van der Waals surface area (Å²) in [6.07, 6.45) is 6.18. The lowest BCUT2D eigenvalue weighted by Gasteiger charge is -2.37. The first-order chi connectivity index (χ1) is 12.2. The lowest BCUT2D eigenvalue weighted by Crippen LogP contribution is -2.41. The Labute approximate surface area is 146 Å². The highest BCUT2D eigenvalue weighted by atomic mass is 16.5. The molecule has 1 amide bonds. The van der Waals surface area contributed by atoms with E-state index in [1.54, 1.807) is 11.7 Å². The van der Waals surface area contributed by atoms with Gasteiger partial charge in [-0.1, -0.05) is 25.0 Å². The third kappa shape index (κ3) is 3.16. The molecule has 1 saturated carbocycles. The van der Waals surface area contributed by atoms with Crippen LogP contribution in [0, 0.1) is 5.92 Å². The van der Waals surface area contributed by atoms with E-state index in [0.29, 0.717) is 12.4 Å². The Morgan fingerprint density at radius 2 is 2.12 bits per heavy atom. The second-order valence-electron chi connectivity index (χ2n) is 7.09. The largest absolute Gasteiger partial charge is 0.375 e. The van der Waals surface area contributed by atoms with E-state index in [2.05, 4.69) is 20.8 Å². The van der Waals surface area contributed by atoms with E-state index in [1.165, 1.54) is 12.8 Å². The van der Waals surface area contributed by atoms with E-state index in [0.717, 1.165) is 36.9 Å². The molecule has 1 spiro atoms. The summed E-state index contributed by atoms with van der Waals surface area (Å²) in [6.45, 7) is 0.674. The average Bonchev–Trinajstić information content (AvgIpc) is 3.25. The van der Waals surface area contributed by atoms with Gasteiger partial charge in [0.05, 0.1) is 11.3 Å². The number of carbonyl (C=O) groups excluding carboxylic acids is 1. The second-order valence-corrected chi connectivity index (χ2v) is 7.09. The summed E-state index contributed by atoms with van der Waals surface area (Å²) in [4.78, 5) is 12.9. The van der Waals surface area contributed by atoms with Crippen molar-refractivity contribution in [2.45, 2.75) is 44.1 Å². The molecule has 1 unspecified atom stereocenters. The first-order valence-corrected chi connectivity index (χ1v) is 8.93. The minimum Gasteiger partial charge on any atom is -0.375 e. The van der Waals surface area contributed by atoms with Crippen LogP contribution in [0.2, 0.25) is 0 Å². The maximum Gasteiger partial charge on any atom is 0.227 e. The Hall–Kier alpha value is -2.28. The molecule has 1 aromatic carbocycles. The van der Waals surface area contributed by atoms with Gasteiger partial charge in [-0.05, 0) is 48.2 Å². The van der Waals surface area contributed by atoms with E-state index in [4.69, 9.17) is 4.74 Å². The average molecular weight is 341 g/mol. The molecule has 7 heteroatoms. The molecule has 0 bridgehead atoms. The summed E-state index contributed by atoms with van der Waals surface area (Å²) in [5, 5.41) is 14.7. The molecule has 1 atom stereocenters. The molecule has 2 fully saturated rings. The topological polar surface area (TPSA) is 81.9 Å². The smallest absolute Gasteiger partial charge is 0.227 e. The Bertz CT molecular complexity index is 766. The first-order valence-electron chi connectivity index (χ1n) is 8.93. The number of nitrogens with one attached hydrogen (secondary N) is 1. The van der Waals surface area contributed by atoms with E-state index < -0.39 is 0 Å². The van der Waals surface area contributed by atoms with Gasteiger partial charge in [-0.2, -0.15) is 0 Å². The van der Waals surface area contributed by atoms with Gasteiger partial charge in [0.25, 0.3) is 0 Å². The second kappa shape index (κ2) is 6.55. The fourth-order valence-corrected chi connectivity index (χ4v) is 4.10. The lowest BCUT2D eigenvalue weighted by atomic mass is 9.84. The van der Waals surface area contributed by atoms with Gasteiger partial charge >= 0.3 is 0 Å². The number of benzene rings is 1. The van der Waals surface area contributed by atoms with Crippen molar-refractivity contribution < 1.29 is 9.53 Å². The van der Waals surface area contributed by atoms with Crippen LogP contribution < -0.4 is 5.32 Å². The highest BCUT2D eigenvalue weighted by Gasteiger charge is 2.42.